The van der Waals surface area contributed by atoms with Gasteiger partial charge in [-0.05, 0) is 19.8 Å². The molecule has 2 N–H and O–H groups in total. The highest BCUT2D eigenvalue weighted by molar-refractivity contribution is 5.88. The lowest BCUT2D eigenvalue weighted by molar-refractivity contribution is -0.155. The number of nitrogens with one attached hydrogen (secondary N) is 1. The molecular formula is C13H24N2O4. The fourth-order valence-electron chi connectivity index (χ4n) is 1.53. The van der Waals surface area contributed by atoms with Gasteiger partial charge in [-0.15, -0.1) is 0 Å². The number of carbonyl (C=O) groups is 3. The van der Waals surface area contributed by atoms with E-state index < -0.39 is 11.4 Å². The molecule has 110 valence electrons. The molecule has 0 aliphatic rings. The van der Waals surface area contributed by atoms with Crippen LogP contribution in [0.25, 0.3) is 0 Å². The summed E-state index contributed by atoms with van der Waals surface area (Å²) in [6.45, 7) is 7.33. The lowest BCUT2D eigenvalue weighted by atomic mass is 9.76. The largest absolute Gasteiger partial charge is 0.481 e. The van der Waals surface area contributed by atoms with Crippen LogP contribution < -0.4 is 5.32 Å². The second-order valence-electron chi connectivity index (χ2n) is 5.26. The summed E-state index contributed by atoms with van der Waals surface area (Å²) >= 11 is 0. The van der Waals surface area contributed by atoms with E-state index >= 15 is 0 Å². The molecule has 0 aliphatic heterocycles. The Hall–Kier alpha value is -1.59. The first-order chi connectivity index (χ1) is 8.65. The molecule has 0 aromatic carbocycles. The van der Waals surface area contributed by atoms with Crippen molar-refractivity contribution in [1.82, 2.24) is 10.2 Å². The minimum atomic E-state index is -1.12. The van der Waals surface area contributed by atoms with E-state index in [1.54, 1.807) is 27.7 Å². The van der Waals surface area contributed by atoms with E-state index in [0.29, 0.717) is 6.54 Å². The number of likely N-dealkylation sites (N-methyl/N-ethyl adjacent to an activating group) is 2. The zero-order chi connectivity index (χ0) is 15.2. The lowest BCUT2D eigenvalue weighted by Crippen LogP contribution is -2.43. The molecule has 0 spiro atoms. The van der Waals surface area contributed by atoms with E-state index in [9.17, 15) is 19.5 Å². The predicted octanol–water partition coefficient (Wildman–Crippen LogP) is 0.718. The third-order valence-electron chi connectivity index (χ3n) is 3.46. The standard InChI is InChI=1S/C13H24N2O4/c1-6-14-10(16)8-15(5)11(17)7-13(4,9(2)3)12(18)19/h9H,6-8H2,1-5H3,(H,14,16)(H,18,19). The van der Waals surface area contributed by atoms with Crippen LogP contribution in [-0.4, -0.2) is 47.9 Å². The second kappa shape index (κ2) is 7.11. The number of hydrogen-bond donors (Lipinski definition) is 2. The van der Waals surface area contributed by atoms with Crippen LogP contribution >= 0.6 is 0 Å². The Morgan fingerprint density at radius 1 is 1.32 bits per heavy atom. The Morgan fingerprint density at radius 3 is 2.21 bits per heavy atom. The number of carbonyl (C=O) groups excluding carboxylic acids is 2. The molecule has 6 nitrogen and oxygen atoms in total. The number of carboxylic acid groups (broad SMARTS) is 1. The van der Waals surface area contributed by atoms with Gasteiger partial charge in [0.15, 0.2) is 0 Å². The summed E-state index contributed by atoms with van der Waals surface area (Å²) in [5, 5.41) is 11.8. The molecule has 0 radical (unpaired) electrons. The molecule has 0 rings (SSSR count). The molecular weight excluding hydrogens is 248 g/mol. The van der Waals surface area contributed by atoms with E-state index in [1.165, 1.54) is 11.9 Å². The first-order valence-corrected chi connectivity index (χ1v) is 6.39. The fourth-order valence-corrected chi connectivity index (χ4v) is 1.53. The zero-order valence-electron chi connectivity index (χ0n) is 12.3. The van der Waals surface area contributed by atoms with Crippen LogP contribution in [0.5, 0.6) is 0 Å². The van der Waals surface area contributed by atoms with Gasteiger partial charge < -0.3 is 15.3 Å². The molecule has 0 aliphatic carbocycles. The highest BCUT2D eigenvalue weighted by atomic mass is 16.4. The molecule has 0 heterocycles. The quantitative estimate of drug-likeness (QED) is 0.715. The van der Waals surface area contributed by atoms with Crippen molar-refractivity contribution in [1.29, 1.82) is 0 Å². The summed E-state index contributed by atoms with van der Waals surface area (Å²) in [6, 6.07) is 0. The molecule has 1 unspecified atom stereocenters. The summed E-state index contributed by atoms with van der Waals surface area (Å²) in [7, 11) is 1.50. The highest BCUT2D eigenvalue weighted by Crippen LogP contribution is 2.31. The normalized spacial score (nSPS) is 13.8. The number of hydrogen-bond acceptors (Lipinski definition) is 3. The maximum atomic E-state index is 12.0. The lowest BCUT2D eigenvalue weighted by Gasteiger charge is -2.30. The van der Waals surface area contributed by atoms with Crippen molar-refractivity contribution in [2.24, 2.45) is 11.3 Å². The van der Waals surface area contributed by atoms with Crippen LogP contribution in [0.1, 0.15) is 34.1 Å². The number of amides is 2. The van der Waals surface area contributed by atoms with Crippen molar-refractivity contribution in [3.05, 3.63) is 0 Å². The number of rotatable bonds is 7. The molecule has 0 saturated carbocycles. The third kappa shape index (κ3) is 4.89. The van der Waals surface area contributed by atoms with Gasteiger partial charge in [-0.25, -0.2) is 0 Å². The first kappa shape index (κ1) is 17.4. The molecule has 19 heavy (non-hydrogen) atoms. The Labute approximate surface area is 114 Å². The maximum Gasteiger partial charge on any atom is 0.310 e. The Morgan fingerprint density at radius 2 is 1.84 bits per heavy atom. The van der Waals surface area contributed by atoms with E-state index in [0.717, 1.165) is 0 Å². The van der Waals surface area contributed by atoms with Crippen LogP contribution in [0, 0.1) is 11.3 Å². The average molecular weight is 272 g/mol. The second-order valence-corrected chi connectivity index (χ2v) is 5.26. The molecule has 6 heteroatoms. The number of aliphatic carboxylic acids is 1. The smallest absolute Gasteiger partial charge is 0.310 e. The number of carboxylic acids is 1. The van der Waals surface area contributed by atoms with Gasteiger partial charge in [0.1, 0.15) is 0 Å². The Balaban J connectivity index is 4.66. The van der Waals surface area contributed by atoms with Crippen molar-refractivity contribution in [3.63, 3.8) is 0 Å². The van der Waals surface area contributed by atoms with Crippen LogP contribution in [0.15, 0.2) is 0 Å². The Bertz CT molecular complexity index is 355. The van der Waals surface area contributed by atoms with Gasteiger partial charge in [0.2, 0.25) is 11.8 Å². The van der Waals surface area contributed by atoms with Crippen LogP contribution in [0.3, 0.4) is 0 Å². The number of nitrogens with zero attached hydrogens (tertiary/aromatic N) is 1. The maximum absolute atomic E-state index is 12.0. The average Bonchev–Trinajstić information content (AvgIpc) is 2.28. The summed E-state index contributed by atoms with van der Waals surface area (Å²) in [5.74, 6) is -1.76. The van der Waals surface area contributed by atoms with Gasteiger partial charge in [0.05, 0.1) is 12.0 Å². The van der Waals surface area contributed by atoms with Crippen molar-refractivity contribution >= 4 is 17.8 Å². The van der Waals surface area contributed by atoms with E-state index in [4.69, 9.17) is 0 Å². The molecule has 1 atom stereocenters. The van der Waals surface area contributed by atoms with Crippen molar-refractivity contribution in [3.8, 4) is 0 Å². The van der Waals surface area contributed by atoms with Crippen molar-refractivity contribution in [2.75, 3.05) is 20.1 Å². The Kier molecular flexibility index (Phi) is 6.52. The first-order valence-electron chi connectivity index (χ1n) is 6.39. The monoisotopic (exact) mass is 272 g/mol. The third-order valence-corrected chi connectivity index (χ3v) is 3.46. The van der Waals surface area contributed by atoms with Crippen LogP contribution in [-0.2, 0) is 14.4 Å². The van der Waals surface area contributed by atoms with Crippen molar-refractivity contribution < 1.29 is 19.5 Å². The summed E-state index contributed by atoms with van der Waals surface area (Å²) in [4.78, 5) is 35.9. The van der Waals surface area contributed by atoms with Crippen LogP contribution in [0.2, 0.25) is 0 Å². The molecule has 0 bridgehead atoms. The van der Waals surface area contributed by atoms with Crippen LogP contribution in [0.4, 0.5) is 0 Å². The van der Waals surface area contributed by atoms with E-state index in [2.05, 4.69) is 5.32 Å². The van der Waals surface area contributed by atoms with E-state index in [1.807, 2.05) is 0 Å². The van der Waals surface area contributed by atoms with Gasteiger partial charge >= 0.3 is 5.97 Å². The minimum Gasteiger partial charge on any atom is -0.481 e. The predicted molar refractivity (Wildman–Crippen MR) is 71.5 cm³/mol. The van der Waals surface area contributed by atoms with Gasteiger partial charge in [-0.1, -0.05) is 13.8 Å². The van der Waals surface area contributed by atoms with Gasteiger partial charge in [0.25, 0.3) is 0 Å². The van der Waals surface area contributed by atoms with E-state index in [-0.39, 0.29) is 30.7 Å². The molecule has 0 aromatic heterocycles. The summed E-state index contributed by atoms with van der Waals surface area (Å²) in [6.07, 6.45) is -0.115. The zero-order valence-corrected chi connectivity index (χ0v) is 12.3. The highest BCUT2D eigenvalue weighted by Gasteiger charge is 2.39. The molecule has 2 amide bonds. The fraction of sp³-hybridized carbons (Fsp3) is 0.769. The molecule has 0 saturated heterocycles. The SMILES string of the molecule is CCNC(=O)CN(C)C(=O)CC(C)(C(=O)O)C(C)C. The van der Waals surface area contributed by atoms with Gasteiger partial charge in [0, 0.05) is 20.0 Å². The molecule has 0 fully saturated rings. The van der Waals surface area contributed by atoms with Crippen molar-refractivity contribution in [2.45, 2.75) is 34.1 Å². The van der Waals surface area contributed by atoms with Gasteiger partial charge in [-0.2, -0.15) is 0 Å². The minimum absolute atomic E-state index is 0.0551. The summed E-state index contributed by atoms with van der Waals surface area (Å²) in [5.41, 5.74) is -1.12. The molecule has 0 aromatic rings. The van der Waals surface area contributed by atoms with Gasteiger partial charge in [-0.3, -0.25) is 14.4 Å². The topological polar surface area (TPSA) is 86.7 Å². The summed E-state index contributed by atoms with van der Waals surface area (Å²) < 4.78 is 0.